The van der Waals surface area contributed by atoms with E-state index >= 15 is 0 Å². The highest BCUT2D eigenvalue weighted by Crippen LogP contribution is 2.38. The van der Waals surface area contributed by atoms with Crippen molar-refractivity contribution in [2.75, 3.05) is 7.11 Å². The van der Waals surface area contributed by atoms with Gasteiger partial charge in [-0.15, -0.1) is 0 Å². The largest absolute Gasteiger partial charge is 0.493 e. The molecule has 3 aromatic rings. The molecule has 4 rings (SSSR count). The number of carbonyl (C=O) groups is 2. The van der Waals surface area contributed by atoms with Crippen molar-refractivity contribution in [3.8, 4) is 11.5 Å². The predicted octanol–water partition coefficient (Wildman–Crippen LogP) is 6.09. The van der Waals surface area contributed by atoms with Crippen LogP contribution in [-0.2, 0) is 17.9 Å². The maximum Gasteiger partial charge on any atom is 0.329 e. The Morgan fingerprint density at radius 3 is 2.53 bits per heavy atom. The van der Waals surface area contributed by atoms with Crippen molar-refractivity contribution in [3.05, 3.63) is 98.1 Å². The molecule has 1 heterocycles. The number of urea groups is 1. The summed E-state index contributed by atoms with van der Waals surface area (Å²) in [5.74, 6) is 0.635. The van der Waals surface area contributed by atoms with Crippen molar-refractivity contribution >= 4 is 45.5 Å². The number of ether oxygens (including phenoxy) is 2. The third kappa shape index (κ3) is 5.43. The monoisotopic (exact) mass is 540 g/mol. The molecule has 6 nitrogen and oxygen atoms in total. The van der Waals surface area contributed by atoms with Gasteiger partial charge < -0.3 is 14.8 Å². The first-order valence-electron chi connectivity index (χ1n) is 10.5. The minimum atomic E-state index is -0.452. The van der Waals surface area contributed by atoms with Crippen molar-refractivity contribution in [2.45, 2.75) is 20.1 Å². The number of methoxy groups -OCH3 is 1. The minimum Gasteiger partial charge on any atom is -0.493 e. The highest BCUT2D eigenvalue weighted by molar-refractivity contribution is 9.10. The van der Waals surface area contributed by atoms with Crippen LogP contribution in [0, 0.1) is 6.92 Å². The van der Waals surface area contributed by atoms with Gasteiger partial charge in [-0.25, -0.2) is 4.79 Å². The molecule has 0 aliphatic carbocycles. The number of hydrogen-bond donors (Lipinski definition) is 1. The average molecular weight is 542 g/mol. The van der Waals surface area contributed by atoms with Crippen LogP contribution in [0.4, 0.5) is 4.79 Å². The van der Waals surface area contributed by atoms with E-state index in [1.165, 1.54) is 4.90 Å². The van der Waals surface area contributed by atoms with Crippen molar-refractivity contribution in [1.82, 2.24) is 10.2 Å². The number of nitrogens with one attached hydrogen (secondary N) is 1. The van der Waals surface area contributed by atoms with E-state index in [1.54, 1.807) is 37.5 Å². The van der Waals surface area contributed by atoms with Gasteiger partial charge in [0, 0.05) is 5.02 Å². The molecule has 0 radical (unpaired) electrons. The number of benzene rings is 3. The quantitative estimate of drug-likeness (QED) is 0.290. The lowest BCUT2D eigenvalue weighted by Crippen LogP contribution is -2.30. The summed E-state index contributed by atoms with van der Waals surface area (Å²) >= 11 is 9.46. The van der Waals surface area contributed by atoms with Gasteiger partial charge >= 0.3 is 6.03 Å². The van der Waals surface area contributed by atoms with Gasteiger partial charge in [-0.3, -0.25) is 9.69 Å². The summed E-state index contributed by atoms with van der Waals surface area (Å²) in [4.78, 5) is 26.5. The van der Waals surface area contributed by atoms with E-state index < -0.39 is 6.03 Å². The molecule has 0 bridgehead atoms. The lowest BCUT2D eigenvalue weighted by molar-refractivity contribution is -0.123. The molecular formula is C26H22BrClN2O4. The summed E-state index contributed by atoms with van der Waals surface area (Å²) in [6.07, 6.45) is 1.62. The molecule has 0 aromatic heterocycles. The molecule has 3 aromatic carbocycles. The summed E-state index contributed by atoms with van der Waals surface area (Å²) < 4.78 is 12.1. The topological polar surface area (TPSA) is 67.9 Å². The zero-order valence-corrected chi connectivity index (χ0v) is 20.9. The van der Waals surface area contributed by atoms with E-state index in [0.29, 0.717) is 33.2 Å². The predicted molar refractivity (Wildman–Crippen MR) is 135 cm³/mol. The van der Waals surface area contributed by atoms with Gasteiger partial charge in [0.1, 0.15) is 12.3 Å². The Labute approximate surface area is 211 Å². The van der Waals surface area contributed by atoms with Crippen LogP contribution in [0.5, 0.6) is 11.5 Å². The molecule has 3 amide bonds. The van der Waals surface area contributed by atoms with Crippen LogP contribution in [-0.4, -0.2) is 23.9 Å². The first-order chi connectivity index (χ1) is 16.3. The maximum atomic E-state index is 12.9. The van der Waals surface area contributed by atoms with Gasteiger partial charge in [0.25, 0.3) is 5.91 Å². The SMILES string of the molecule is COc1cc(/C=C2/NC(=O)N(Cc3cccc(C)c3)C2=O)cc(Br)c1OCc1ccc(Cl)cc1. The molecule has 1 aliphatic heterocycles. The highest BCUT2D eigenvalue weighted by Gasteiger charge is 2.33. The van der Waals surface area contributed by atoms with Crippen LogP contribution in [0.1, 0.15) is 22.3 Å². The fraction of sp³-hybridized carbons (Fsp3) is 0.154. The van der Waals surface area contributed by atoms with Gasteiger partial charge in [0.2, 0.25) is 0 Å². The van der Waals surface area contributed by atoms with Crippen molar-refractivity contribution < 1.29 is 19.1 Å². The summed E-state index contributed by atoms with van der Waals surface area (Å²) in [6.45, 7) is 2.50. The smallest absolute Gasteiger partial charge is 0.329 e. The van der Waals surface area contributed by atoms with E-state index in [2.05, 4.69) is 21.2 Å². The third-order valence-corrected chi connectivity index (χ3v) is 6.09. The van der Waals surface area contributed by atoms with Crippen molar-refractivity contribution in [3.63, 3.8) is 0 Å². The Morgan fingerprint density at radius 1 is 1.06 bits per heavy atom. The van der Waals surface area contributed by atoms with Crippen LogP contribution in [0.15, 0.2) is 70.8 Å². The second-order valence-corrected chi connectivity index (χ2v) is 9.11. The number of hydrogen-bond acceptors (Lipinski definition) is 4. The van der Waals surface area contributed by atoms with Gasteiger partial charge in [-0.1, -0.05) is 53.6 Å². The number of amides is 3. The first kappa shape index (κ1) is 23.9. The van der Waals surface area contributed by atoms with Crippen LogP contribution in [0.3, 0.4) is 0 Å². The Balaban J connectivity index is 1.53. The molecule has 1 aliphatic rings. The Morgan fingerprint density at radius 2 is 1.82 bits per heavy atom. The second-order valence-electron chi connectivity index (χ2n) is 7.82. The van der Waals surface area contributed by atoms with Gasteiger partial charge in [0.05, 0.1) is 18.1 Å². The van der Waals surface area contributed by atoms with E-state index in [1.807, 2.05) is 43.3 Å². The number of carbonyl (C=O) groups excluding carboxylic acids is 2. The fourth-order valence-corrected chi connectivity index (χ4v) is 4.27. The number of halogens is 2. The molecule has 0 atom stereocenters. The van der Waals surface area contributed by atoms with Crippen molar-refractivity contribution in [2.24, 2.45) is 0 Å². The third-order valence-electron chi connectivity index (χ3n) is 5.24. The molecule has 174 valence electrons. The molecule has 0 spiro atoms. The van der Waals surface area contributed by atoms with E-state index in [-0.39, 0.29) is 18.1 Å². The summed E-state index contributed by atoms with van der Waals surface area (Å²) in [6, 6.07) is 18.2. The number of aryl methyl sites for hydroxylation is 1. The zero-order valence-electron chi connectivity index (χ0n) is 18.6. The van der Waals surface area contributed by atoms with E-state index in [9.17, 15) is 9.59 Å². The number of rotatable bonds is 7. The summed E-state index contributed by atoms with van der Waals surface area (Å²) in [5, 5.41) is 3.32. The van der Waals surface area contributed by atoms with Crippen LogP contribution >= 0.6 is 27.5 Å². The highest BCUT2D eigenvalue weighted by atomic mass is 79.9. The van der Waals surface area contributed by atoms with Crippen LogP contribution in [0.25, 0.3) is 6.08 Å². The number of nitrogens with zero attached hydrogens (tertiary/aromatic N) is 1. The Kier molecular flexibility index (Phi) is 7.24. The summed E-state index contributed by atoms with van der Waals surface area (Å²) in [7, 11) is 1.54. The molecular weight excluding hydrogens is 520 g/mol. The van der Waals surface area contributed by atoms with Crippen LogP contribution < -0.4 is 14.8 Å². The lowest BCUT2D eigenvalue weighted by Gasteiger charge is -2.14. The standard InChI is InChI=1S/C26H22BrClN2O4/c1-16-4-3-5-18(10-16)14-30-25(31)22(29-26(30)32)12-19-11-21(27)24(23(13-19)33-2)34-15-17-6-8-20(28)9-7-17/h3-13H,14-15H2,1-2H3,(H,29,32)/b22-12+. The Bertz CT molecular complexity index is 1270. The molecule has 1 N–H and O–H groups in total. The fourth-order valence-electron chi connectivity index (χ4n) is 3.57. The lowest BCUT2D eigenvalue weighted by atomic mass is 10.1. The minimum absolute atomic E-state index is 0.196. The van der Waals surface area contributed by atoms with Gasteiger partial charge in [0.15, 0.2) is 11.5 Å². The molecule has 8 heteroatoms. The van der Waals surface area contributed by atoms with Gasteiger partial charge in [-0.2, -0.15) is 0 Å². The molecule has 0 unspecified atom stereocenters. The molecule has 34 heavy (non-hydrogen) atoms. The zero-order chi connectivity index (χ0) is 24.2. The normalized spacial score (nSPS) is 14.5. The summed E-state index contributed by atoms with van der Waals surface area (Å²) in [5.41, 5.74) is 3.77. The van der Waals surface area contributed by atoms with Crippen LogP contribution in [0.2, 0.25) is 5.02 Å². The maximum absolute atomic E-state index is 12.9. The number of imide groups is 1. The first-order valence-corrected chi connectivity index (χ1v) is 11.7. The Hall–Kier alpha value is -3.29. The molecule has 1 fully saturated rings. The van der Waals surface area contributed by atoms with E-state index in [4.69, 9.17) is 21.1 Å². The second kappa shape index (κ2) is 10.3. The average Bonchev–Trinajstić information content (AvgIpc) is 3.06. The molecule has 0 saturated carbocycles. The van der Waals surface area contributed by atoms with E-state index in [0.717, 1.165) is 16.7 Å². The van der Waals surface area contributed by atoms with Crippen molar-refractivity contribution in [1.29, 1.82) is 0 Å². The van der Waals surface area contributed by atoms with Gasteiger partial charge in [-0.05, 0) is 69.9 Å². The molecule has 1 saturated heterocycles.